The highest BCUT2D eigenvalue weighted by molar-refractivity contribution is 7.92. The lowest BCUT2D eigenvalue weighted by atomic mass is 10.0. The van der Waals surface area contributed by atoms with E-state index in [9.17, 15) is 18.0 Å². The van der Waals surface area contributed by atoms with E-state index in [1.807, 2.05) is 74.5 Å². The Morgan fingerprint density at radius 3 is 2.03 bits per heavy atom. The zero-order valence-corrected chi connectivity index (χ0v) is 22.7. The third-order valence-corrected chi connectivity index (χ3v) is 7.05. The Bertz CT molecular complexity index is 1300. The molecular weight excluding hydrogens is 510 g/mol. The third kappa shape index (κ3) is 8.33. The number of nitrogens with zero attached hydrogens (tertiary/aromatic N) is 2. The first kappa shape index (κ1) is 28.2. The number of halogens is 1. The molecule has 0 heterocycles. The molecule has 1 atom stereocenters. The van der Waals surface area contributed by atoms with Crippen molar-refractivity contribution in [1.29, 1.82) is 0 Å². The van der Waals surface area contributed by atoms with Crippen molar-refractivity contribution in [2.75, 3.05) is 17.1 Å². The van der Waals surface area contributed by atoms with Crippen LogP contribution in [0.1, 0.15) is 25.0 Å². The van der Waals surface area contributed by atoms with Gasteiger partial charge in [0, 0.05) is 24.0 Å². The Hall–Kier alpha value is -3.36. The molecule has 0 radical (unpaired) electrons. The number of carbonyl (C=O) groups is 2. The van der Waals surface area contributed by atoms with Crippen LogP contribution in [0.3, 0.4) is 0 Å². The molecule has 196 valence electrons. The molecule has 0 aliphatic rings. The van der Waals surface area contributed by atoms with Crippen LogP contribution in [-0.2, 0) is 32.6 Å². The van der Waals surface area contributed by atoms with Crippen molar-refractivity contribution in [2.45, 2.75) is 38.9 Å². The molecule has 0 aromatic heterocycles. The maximum Gasteiger partial charge on any atom is 0.244 e. The van der Waals surface area contributed by atoms with Crippen LogP contribution in [-0.4, -0.2) is 50.0 Å². The summed E-state index contributed by atoms with van der Waals surface area (Å²) in [6.45, 7) is 3.36. The first-order valence-corrected chi connectivity index (χ1v) is 14.2. The van der Waals surface area contributed by atoms with E-state index in [4.69, 9.17) is 11.6 Å². The molecule has 0 aliphatic carbocycles. The summed E-state index contributed by atoms with van der Waals surface area (Å²) < 4.78 is 26.5. The van der Waals surface area contributed by atoms with Crippen LogP contribution in [0.5, 0.6) is 0 Å². The average Bonchev–Trinajstić information content (AvgIpc) is 2.84. The summed E-state index contributed by atoms with van der Waals surface area (Å²) >= 11 is 6.11. The highest BCUT2D eigenvalue weighted by Gasteiger charge is 2.33. The smallest absolute Gasteiger partial charge is 0.244 e. The van der Waals surface area contributed by atoms with Crippen molar-refractivity contribution >= 4 is 39.1 Å². The van der Waals surface area contributed by atoms with Gasteiger partial charge < -0.3 is 10.2 Å². The highest BCUT2D eigenvalue weighted by Crippen LogP contribution is 2.23. The van der Waals surface area contributed by atoms with Gasteiger partial charge in [0.15, 0.2) is 0 Å². The van der Waals surface area contributed by atoms with Crippen LogP contribution < -0.4 is 9.62 Å². The molecule has 0 aliphatic heterocycles. The summed E-state index contributed by atoms with van der Waals surface area (Å²) in [4.78, 5) is 28.8. The van der Waals surface area contributed by atoms with Gasteiger partial charge in [-0.3, -0.25) is 13.9 Å². The first-order valence-electron chi connectivity index (χ1n) is 12.0. The van der Waals surface area contributed by atoms with Crippen LogP contribution in [0.2, 0.25) is 5.02 Å². The monoisotopic (exact) mass is 541 g/mol. The van der Waals surface area contributed by atoms with Gasteiger partial charge in [0.25, 0.3) is 0 Å². The van der Waals surface area contributed by atoms with Gasteiger partial charge in [-0.2, -0.15) is 0 Å². The zero-order chi connectivity index (χ0) is 27.0. The third-order valence-electron chi connectivity index (χ3n) is 5.67. The zero-order valence-electron chi connectivity index (χ0n) is 21.2. The predicted octanol–water partition coefficient (Wildman–Crippen LogP) is 4.27. The summed E-state index contributed by atoms with van der Waals surface area (Å²) in [6.07, 6.45) is 1.31. The van der Waals surface area contributed by atoms with E-state index in [2.05, 4.69) is 5.32 Å². The van der Waals surface area contributed by atoms with Crippen LogP contribution in [0.4, 0.5) is 5.69 Å². The highest BCUT2D eigenvalue weighted by atomic mass is 35.5. The Labute approximate surface area is 224 Å². The van der Waals surface area contributed by atoms with Crippen molar-refractivity contribution in [3.05, 3.63) is 101 Å². The fourth-order valence-corrected chi connectivity index (χ4v) is 4.99. The number of sulfonamides is 1. The molecule has 0 bridgehead atoms. The number of carbonyl (C=O) groups excluding carboxylic acids is 2. The summed E-state index contributed by atoms with van der Waals surface area (Å²) in [5.41, 5.74) is 1.97. The van der Waals surface area contributed by atoms with Crippen LogP contribution in [0, 0.1) is 0 Å². The van der Waals surface area contributed by atoms with Gasteiger partial charge in [0.05, 0.1) is 11.9 Å². The number of rotatable bonds is 11. The number of hydrogen-bond acceptors (Lipinski definition) is 4. The van der Waals surface area contributed by atoms with Gasteiger partial charge in [0.1, 0.15) is 12.6 Å². The van der Waals surface area contributed by atoms with E-state index in [1.165, 1.54) is 11.0 Å². The lowest BCUT2D eigenvalue weighted by Gasteiger charge is -2.34. The second-order valence-corrected chi connectivity index (χ2v) is 11.5. The quantitative estimate of drug-likeness (QED) is 0.393. The van der Waals surface area contributed by atoms with Crippen molar-refractivity contribution in [3.8, 4) is 0 Å². The molecule has 1 N–H and O–H groups in total. The number of amides is 2. The van der Waals surface area contributed by atoms with Gasteiger partial charge in [-0.15, -0.1) is 0 Å². The number of benzene rings is 3. The van der Waals surface area contributed by atoms with E-state index in [0.29, 0.717) is 5.02 Å². The van der Waals surface area contributed by atoms with Crippen molar-refractivity contribution < 1.29 is 18.0 Å². The van der Waals surface area contributed by atoms with Gasteiger partial charge in [-0.1, -0.05) is 78.3 Å². The number of nitrogens with one attached hydrogen (secondary N) is 1. The molecular formula is C28H32ClN3O4S. The predicted molar refractivity (Wildman–Crippen MR) is 148 cm³/mol. The molecule has 3 aromatic carbocycles. The maximum atomic E-state index is 13.9. The molecule has 9 heteroatoms. The second-order valence-electron chi connectivity index (χ2n) is 9.13. The molecule has 3 rings (SSSR count). The minimum absolute atomic E-state index is 0.135. The Balaban J connectivity index is 2.03. The fraction of sp³-hybridized carbons (Fsp3) is 0.286. The second kappa shape index (κ2) is 12.7. The Morgan fingerprint density at radius 2 is 1.49 bits per heavy atom. The van der Waals surface area contributed by atoms with E-state index in [-0.39, 0.29) is 30.6 Å². The molecule has 0 saturated carbocycles. The topological polar surface area (TPSA) is 86.8 Å². The van der Waals surface area contributed by atoms with Crippen LogP contribution >= 0.6 is 11.6 Å². The summed E-state index contributed by atoms with van der Waals surface area (Å²) in [7, 11) is -3.83. The van der Waals surface area contributed by atoms with Crippen molar-refractivity contribution in [3.63, 3.8) is 0 Å². The standard InChI is InChI=1S/C28H32ClN3O4S/c1-21(2)30-28(34)26(17-22-11-6-4-7-12-22)31(19-23-13-8-5-9-14-23)27(33)20-32(37(3,35)36)25-16-10-15-24(29)18-25/h4-16,18,21,26H,17,19-20H2,1-3H3,(H,30,34). The largest absolute Gasteiger partial charge is 0.352 e. The van der Waals surface area contributed by atoms with Crippen molar-refractivity contribution in [1.82, 2.24) is 10.2 Å². The molecule has 1 unspecified atom stereocenters. The lowest BCUT2D eigenvalue weighted by molar-refractivity contribution is -0.140. The van der Waals surface area contributed by atoms with E-state index < -0.39 is 28.5 Å². The van der Waals surface area contributed by atoms with Crippen molar-refractivity contribution in [2.24, 2.45) is 0 Å². The van der Waals surface area contributed by atoms with Gasteiger partial charge in [0.2, 0.25) is 21.8 Å². The molecule has 2 amide bonds. The molecule has 3 aromatic rings. The minimum Gasteiger partial charge on any atom is -0.352 e. The lowest BCUT2D eigenvalue weighted by Crippen LogP contribution is -2.54. The summed E-state index contributed by atoms with van der Waals surface area (Å²) in [5, 5.41) is 3.27. The molecule has 0 spiro atoms. The summed E-state index contributed by atoms with van der Waals surface area (Å²) in [6, 6.07) is 24.1. The normalized spacial score (nSPS) is 12.1. The van der Waals surface area contributed by atoms with Crippen LogP contribution in [0.15, 0.2) is 84.9 Å². The maximum absolute atomic E-state index is 13.9. The number of anilines is 1. The summed E-state index contributed by atoms with van der Waals surface area (Å²) in [5.74, 6) is -0.814. The Morgan fingerprint density at radius 1 is 0.892 bits per heavy atom. The first-order chi connectivity index (χ1) is 17.5. The van der Waals surface area contributed by atoms with Gasteiger partial charge >= 0.3 is 0 Å². The molecule has 37 heavy (non-hydrogen) atoms. The van der Waals surface area contributed by atoms with E-state index in [1.54, 1.807) is 18.2 Å². The Kier molecular flexibility index (Phi) is 9.72. The fourth-order valence-electron chi connectivity index (χ4n) is 3.96. The average molecular weight is 542 g/mol. The SMILES string of the molecule is CC(C)NC(=O)C(Cc1ccccc1)N(Cc1ccccc1)C(=O)CN(c1cccc(Cl)c1)S(C)(=O)=O. The van der Waals surface area contributed by atoms with E-state index in [0.717, 1.165) is 21.7 Å². The van der Waals surface area contributed by atoms with E-state index >= 15 is 0 Å². The molecule has 0 saturated heterocycles. The van der Waals surface area contributed by atoms with Gasteiger partial charge in [-0.25, -0.2) is 8.42 Å². The number of hydrogen-bond donors (Lipinski definition) is 1. The van der Waals surface area contributed by atoms with Crippen LogP contribution in [0.25, 0.3) is 0 Å². The molecule has 7 nitrogen and oxygen atoms in total. The molecule has 0 fully saturated rings. The minimum atomic E-state index is -3.83. The van der Waals surface area contributed by atoms with Gasteiger partial charge in [-0.05, 0) is 43.2 Å².